The highest BCUT2D eigenvalue weighted by atomic mass is 16.5. The Hall–Kier alpha value is -1.57. The number of hydrogen-bond acceptors (Lipinski definition) is 2. The summed E-state index contributed by atoms with van der Waals surface area (Å²) in [5.41, 5.74) is 0.978. The molecule has 2 heteroatoms. The van der Waals surface area contributed by atoms with Crippen molar-refractivity contribution in [2.75, 3.05) is 6.61 Å². The largest absolute Gasteiger partial charge is 0.491 e. The van der Waals surface area contributed by atoms with Gasteiger partial charge in [-0.1, -0.05) is 121 Å². The lowest BCUT2D eigenvalue weighted by Crippen LogP contribution is -1.98. The van der Waals surface area contributed by atoms with E-state index in [4.69, 9.17) is 4.74 Å². The zero-order valence-electron chi connectivity index (χ0n) is 18.8. The van der Waals surface area contributed by atoms with Crippen LogP contribution in [0.1, 0.15) is 110 Å². The van der Waals surface area contributed by atoms with Crippen LogP contribution in [0.25, 0.3) is 10.9 Å². The SMILES string of the molecule is CCCCCCCCCCCCCCCCCCOc1cccc2cccnc12. The molecule has 0 bridgehead atoms. The molecule has 1 heterocycles. The zero-order chi connectivity index (χ0) is 20.4. The minimum atomic E-state index is 0.800. The average Bonchev–Trinajstić information content (AvgIpc) is 2.76. The lowest BCUT2D eigenvalue weighted by atomic mass is 10.0. The first kappa shape index (κ1) is 23.7. The standard InChI is InChI=1S/C27H43NO/c1-2-3-4-5-6-7-8-9-10-11-12-13-14-15-16-17-24-29-26-22-18-20-25-21-19-23-28-27(25)26/h18-23H,2-17,24H2,1H3. The second-order valence-electron chi connectivity index (χ2n) is 8.48. The van der Waals surface area contributed by atoms with E-state index in [0.717, 1.165) is 29.7 Å². The quantitative estimate of drug-likeness (QED) is 0.234. The molecule has 1 aromatic carbocycles. The Morgan fingerprint density at radius 3 is 1.72 bits per heavy atom. The summed E-state index contributed by atoms with van der Waals surface area (Å²) in [6, 6.07) is 10.2. The molecule has 0 radical (unpaired) electrons. The van der Waals surface area contributed by atoms with Crippen molar-refractivity contribution in [1.29, 1.82) is 0 Å². The van der Waals surface area contributed by atoms with Gasteiger partial charge in [0.1, 0.15) is 11.3 Å². The zero-order valence-corrected chi connectivity index (χ0v) is 18.8. The van der Waals surface area contributed by atoms with Crippen LogP contribution in [0.15, 0.2) is 36.5 Å². The summed E-state index contributed by atoms with van der Waals surface area (Å²) in [4.78, 5) is 4.45. The van der Waals surface area contributed by atoms with E-state index in [-0.39, 0.29) is 0 Å². The summed E-state index contributed by atoms with van der Waals surface area (Å²) < 4.78 is 5.98. The van der Waals surface area contributed by atoms with Gasteiger partial charge in [-0.25, -0.2) is 0 Å². The molecule has 0 saturated carbocycles. The molecule has 0 aliphatic carbocycles. The Morgan fingerprint density at radius 2 is 1.14 bits per heavy atom. The fraction of sp³-hybridized carbons (Fsp3) is 0.667. The van der Waals surface area contributed by atoms with Gasteiger partial charge in [0.05, 0.1) is 6.61 Å². The van der Waals surface area contributed by atoms with Crippen LogP contribution in [0.2, 0.25) is 0 Å². The van der Waals surface area contributed by atoms with Crippen molar-refractivity contribution in [2.24, 2.45) is 0 Å². The van der Waals surface area contributed by atoms with Crippen molar-refractivity contribution in [3.8, 4) is 5.75 Å². The normalized spacial score (nSPS) is 11.2. The van der Waals surface area contributed by atoms with E-state index < -0.39 is 0 Å². The molecule has 0 spiro atoms. The van der Waals surface area contributed by atoms with Crippen molar-refractivity contribution in [3.63, 3.8) is 0 Å². The molecule has 0 unspecified atom stereocenters. The Kier molecular flexibility index (Phi) is 13.3. The van der Waals surface area contributed by atoms with Gasteiger partial charge in [0, 0.05) is 11.6 Å². The van der Waals surface area contributed by atoms with Crippen LogP contribution in [0.5, 0.6) is 5.75 Å². The predicted molar refractivity (Wildman–Crippen MR) is 127 cm³/mol. The molecule has 0 aliphatic heterocycles. The van der Waals surface area contributed by atoms with Gasteiger partial charge in [0.15, 0.2) is 0 Å². The molecule has 0 N–H and O–H groups in total. The van der Waals surface area contributed by atoms with Crippen LogP contribution < -0.4 is 4.74 Å². The van der Waals surface area contributed by atoms with Crippen LogP contribution in [0.4, 0.5) is 0 Å². The highest BCUT2D eigenvalue weighted by Crippen LogP contribution is 2.23. The number of hydrogen-bond donors (Lipinski definition) is 0. The van der Waals surface area contributed by atoms with E-state index in [0.29, 0.717) is 0 Å². The van der Waals surface area contributed by atoms with Gasteiger partial charge in [-0.3, -0.25) is 4.98 Å². The molecule has 0 saturated heterocycles. The number of pyridine rings is 1. The molecule has 29 heavy (non-hydrogen) atoms. The van der Waals surface area contributed by atoms with Gasteiger partial charge in [-0.2, -0.15) is 0 Å². The van der Waals surface area contributed by atoms with Crippen LogP contribution >= 0.6 is 0 Å². The van der Waals surface area contributed by atoms with Crippen LogP contribution in [0, 0.1) is 0 Å². The van der Waals surface area contributed by atoms with E-state index in [9.17, 15) is 0 Å². The first-order valence-electron chi connectivity index (χ1n) is 12.4. The maximum atomic E-state index is 5.98. The summed E-state index contributed by atoms with van der Waals surface area (Å²) in [6.07, 6.45) is 24.2. The Labute approximate surface area is 179 Å². The molecule has 162 valence electrons. The summed E-state index contributed by atoms with van der Waals surface area (Å²) in [5, 5.41) is 1.15. The summed E-state index contributed by atoms with van der Waals surface area (Å²) in [5.74, 6) is 0.920. The highest BCUT2D eigenvalue weighted by molar-refractivity contribution is 5.84. The molecule has 2 rings (SSSR count). The van der Waals surface area contributed by atoms with E-state index in [2.05, 4.69) is 24.0 Å². The summed E-state index contributed by atoms with van der Waals surface area (Å²) >= 11 is 0. The number of ether oxygens (including phenoxy) is 1. The Morgan fingerprint density at radius 1 is 0.621 bits per heavy atom. The highest BCUT2D eigenvalue weighted by Gasteiger charge is 2.02. The van der Waals surface area contributed by atoms with E-state index >= 15 is 0 Å². The lowest BCUT2D eigenvalue weighted by molar-refractivity contribution is 0.307. The number of aromatic nitrogens is 1. The lowest BCUT2D eigenvalue weighted by Gasteiger charge is -2.08. The van der Waals surface area contributed by atoms with Crippen LogP contribution in [0.3, 0.4) is 0 Å². The number of para-hydroxylation sites is 1. The minimum absolute atomic E-state index is 0.800. The van der Waals surface area contributed by atoms with Gasteiger partial charge in [0.25, 0.3) is 0 Å². The molecular weight excluding hydrogens is 354 g/mol. The van der Waals surface area contributed by atoms with Crippen molar-refractivity contribution < 1.29 is 4.74 Å². The summed E-state index contributed by atoms with van der Waals surface area (Å²) in [6.45, 7) is 3.09. The smallest absolute Gasteiger partial charge is 0.145 e. The maximum Gasteiger partial charge on any atom is 0.145 e. The third-order valence-corrected chi connectivity index (χ3v) is 5.85. The molecule has 2 aromatic rings. The van der Waals surface area contributed by atoms with E-state index in [1.54, 1.807) is 0 Å². The van der Waals surface area contributed by atoms with Gasteiger partial charge in [-0.05, 0) is 18.6 Å². The van der Waals surface area contributed by atoms with Gasteiger partial charge in [-0.15, -0.1) is 0 Å². The topological polar surface area (TPSA) is 22.1 Å². The van der Waals surface area contributed by atoms with E-state index in [1.165, 1.54) is 96.3 Å². The molecule has 0 aliphatic rings. The molecular formula is C27H43NO. The van der Waals surface area contributed by atoms with Gasteiger partial charge >= 0.3 is 0 Å². The van der Waals surface area contributed by atoms with Crippen molar-refractivity contribution in [3.05, 3.63) is 36.5 Å². The second-order valence-corrected chi connectivity index (χ2v) is 8.48. The summed E-state index contributed by atoms with van der Waals surface area (Å²) in [7, 11) is 0. The Bertz CT molecular complexity index is 634. The van der Waals surface area contributed by atoms with Gasteiger partial charge in [0.2, 0.25) is 0 Å². The predicted octanol–water partition coefficient (Wildman–Crippen LogP) is 8.88. The Balaban J connectivity index is 1.35. The molecule has 2 nitrogen and oxygen atoms in total. The van der Waals surface area contributed by atoms with Crippen molar-refractivity contribution >= 4 is 10.9 Å². The van der Waals surface area contributed by atoms with Gasteiger partial charge < -0.3 is 4.74 Å². The molecule has 0 atom stereocenters. The van der Waals surface area contributed by atoms with Crippen molar-refractivity contribution in [2.45, 2.75) is 110 Å². The first-order valence-corrected chi connectivity index (χ1v) is 12.4. The minimum Gasteiger partial charge on any atom is -0.491 e. The first-order chi connectivity index (χ1) is 14.4. The van der Waals surface area contributed by atoms with Crippen LogP contribution in [-0.2, 0) is 0 Å². The number of fused-ring (bicyclic) bond motifs is 1. The number of benzene rings is 1. The second kappa shape index (κ2) is 16.3. The third-order valence-electron chi connectivity index (χ3n) is 5.85. The molecule has 0 fully saturated rings. The van der Waals surface area contributed by atoms with Crippen LogP contribution in [-0.4, -0.2) is 11.6 Å². The fourth-order valence-corrected chi connectivity index (χ4v) is 4.02. The monoisotopic (exact) mass is 397 g/mol. The molecule has 0 amide bonds. The number of unbranched alkanes of at least 4 members (excludes halogenated alkanes) is 15. The number of nitrogens with zero attached hydrogens (tertiary/aromatic N) is 1. The number of rotatable bonds is 18. The third kappa shape index (κ3) is 10.7. The average molecular weight is 398 g/mol. The molecule has 1 aromatic heterocycles. The van der Waals surface area contributed by atoms with Crippen molar-refractivity contribution in [1.82, 2.24) is 4.98 Å². The maximum absolute atomic E-state index is 5.98. The van der Waals surface area contributed by atoms with E-state index in [1.807, 2.05) is 24.4 Å². The fourth-order valence-electron chi connectivity index (χ4n) is 4.02.